The molecule has 0 unspecified atom stereocenters. The Morgan fingerprint density at radius 1 is 1.14 bits per heavy atom. The van der Waals surface area contributed by atoms with Gasteiger partial charge >= 0.3 is 0 Å². The first kappa shape index (κ1) is 18.4. The third-order valence-electron chi connectivity index (χ3n) is 5.95. The van der Waals surface area contributed by atoms with Crippen LogP contribution >= 0.6 is 0 Å². The molecule has 2 aliphatic rings. The summed E-state index contributed by atoms with van der Waals surface area (Å²) in [5.74, 6) is 1.44. The van der Waals surface area contributed by atoms with Crippen LogP contribution in [0.3, 0.4) is 0 Å². The summed E-state index contributed by atoms with van der Waals surface area (Å²) in [5.41, 5.74) is 1.87. The Labute approximate surface area is 170 Å². The minimum absolute atomic E-state index is 0.437. The van der Waals surface area contributed by atoms with E-state index in [9.17, 15) is 0 Å². The van der Waals surface area contributed by atoms with Gasteiger partial charge in [-0.15, -0.1) is 5.10 Å². The highest BCUT2D eigenvalue weighted by Crippen LogP contribution is 2.27. The molecule has 29 heavy (non-hydrogen) atoms. The van der Waals surface area contributed by atoms with Crippen molar-refractivity contribution in [3.05, 3.63) is 30.7 Å². The minimum atomic E-state index is 0.437. The van der Waals surface area contributed by atoms with Crippen molar-refractivity contribution in [2.75, 3.05) is 36.9 Å². The number of anilines is 3. The number of ether oxygens (including phenoxy) is 1. The van der Waals surface area contributed by atoms with E-state index < -0.39 is 0 Å². The summed E-state index contributed by atoms with van der Waals surface area (Å²) in [6, 6.07) is 5.18. The molecule has 154 valence electrons. The Morgan fingerprint density at radius 2 is 1.97 bits per heavy atom. The molecule has 2 N–H and O–H groups in total. The van der Waals surface area contributed by atoms with Crippen LogP contribution < -0.4 is 10.6 Å². The average molecular weight is 396 g/mol. The molecule has 2 fully saturated rings. The van der Waals surface area contributed by atoms with Gasteiger partial charge in [-0.2, -0.15) is 10.1 Å². The second-order valence-corrected chi connectivity index (χ2v) is 7.95. The zero-order chi connectivity index (χ0) is 19.6. The molecule has 0 radical (unpaired) electrons. The number of nitrogens with zero attached hydrogens (tertiary/aromatic N) is 6. The molecule has 0 atom stereocenters. The van der Waals surface area contributed by atoms with E-state index in [0.717, 1.165) is 56.2 Å². The average Bonchev–Trinajstić information content (AvgIpc) is 3.38. The maximum atomic E-state index is 5.50. The summed E-state index contributed by atoms with van der Waals surface area (Å²) in [6.45, 7) is 3.89. The number of rotatable bonds is 5. The van der Waals surface area contributed by atoms with Crippen LogP contribution in [-0.2, 0) is 11.8 Å². The van der Waals surface area contributed by atoms with Crippen LogP contribution in [0, 0.1) is 0 Å². The maximum Gasteiger partial charge on any atom is 0.247 e. The minimum Gasteiger partial charge on any atom is -0.379 e. The molecule has 0 aromatic carbocycles. The SMILES string of the molecule is Cn1cc(Nc2nc(NC3CCC(N4CCOCC4)CC3)c3cccn3n2)cn1. The molecular weight excluding hydrogens is 368 g/mol. The van der Waals surface area contributed by atoms with Crippen molar-refractivity contribution >= 4 is 23.0 Å². The lowest BCUT2D eigenvalue weighted by Gasteiger charge is -2.39. The number of morpholine rings is 1. The molecule has 9 heteroatoms. The Hall–Kier alpha value is -2.65. The van der Waals surface area contributed by atoms with Crippen molar-refractivity contribution in [3.8, 4) is 0 Å². The number of aryl methyl sites for hydroxylation is 1. The standard InChI is InChI=1S/C20H28N8O/c1-26-14-16(13-21-26)23-20-24-19(18-3-2-8-28(18)25-20)22-15-4-6-17(7-5-15)27-9-11-29-12-10-27/h2-3,8,13-15,17H,4-7,9-12H2,1H3,(H2,22,23,24,25). The number of hydrogen-bond donors (Lipinski definition) is 2. The van der Waals surface area contributed by atoms with E-state index in [1.807, 2.05) is 30.0 Å². The van der Waals surface area contributed by atoms with Crippen LogP contribution in [0.2, 0.25) is 0 Å². The zero-order valence-electron chi connectivity index (χ0n) is 16.8. The van der Waals surface area contributed by atoms with E-state index in [1.54, 1.807) is 10.9 Å². The quantitative estimate of drug-likeness (QED) is 0.684. The zero-order valence-corrected chi connectivity index (χ0v) is 16.8. The van der Waals surface area contributed by atoms with E-state index in [1.165, 1.54) is 12.8 Å². The Bertz CT molecular complexity index is 952. The Morgan fingerprint density at radius 3 is 2.72 bits per heavy atom. The molecule has 0 spiro atoms. The molecule has 0 amide bonds. The number of fused-ring (bicyclic) bond motifs is 1. The summed E-state index contributed by atoms with van der Waals surface area (Å²) in [7, 11) is 1.89. The van der Waals surface area contributed by atoms with Gasteiger partial charge in [0, 0.05) is 44.6 Å². The predicted molar refractivity (Wildman–Crippen MR) is 112 cm³/mol. The lowest BCUT2D eigenvalue weighted by molar-refractivity contribution is 0.00791. The fraction of sp³-hybridized carbons (Fsp3) is 0.550. The van der Waals surface area contributed by atoms with Gasteiger partial charge in [-0.25, -0.2) is 4.52 Å². The molecule has 0 bridgehead atoms. The first-order valence-corrected chi connectivity index (χ1v) is 10.4. The third-order valence-corrected chi connectivity index (χ3v) is 5.95. The smallest absolute Gasteiger partial charge is 0.247 e. The van der Waals surface area contributed by atoms with Gasteiger partial charge in [-0.3, -0.25) is 9.58 Å². The predicted octanol–water partition coefficient (Wildman–Crippen LogP) is 2.26. The van der Waals surface area contributed by atoms with E-state index in [0.29, 0.717) is 18.0 Å². The van der Waals surface area contributed by atoms with Crippen molar-refractivity contribution in [1.29, 1.82) is 0 Å². The van der Waals surface area contributed by atoms with Crippen molar-refractivity contribution in [3.63, 3.8) is 0 Å². The highest BCUT2D eigenvalue weighted by atomic mass is 16.5. The second-order valence-electron chi connectivity index (χ2n) is 7.95. The molecular formula is C20H28N8O. The molecule has 1 aliphatic heterocycles. The molecule has 3 aromatic heterocycles. The first-order valence-electron chi connectivity index (χ1n) is 10.4. The molecule has 4 heterocycles. The lowest BCUT2D eigenvalue weighted by atomic mass is 9.90. The second kappa shape index (κ2) is 8.00. The molecule has 5 rings (SSSR count). The van der Waals surface area contributed by atoms with Crippen molar-refractivity contribution < 1.29 is 4.74 Å². The Kier molecular flexibility index (Phi) is 5.07. The summed E-state index contributed by atoms with van der Waals surface area (Å²) < 4.78 is 9.12. The maximum absolute atomic E-state index is 5.50. The van der Waals surface area contributed by atoms with Gasteiger partial charge in [0.2, 0.25) is 5.95 Å². The van der Waals surface area contributed by atoms with Gasteiger partial charge in [0.25, 0.3) is 0 Å². The fourth-order valence-corrected chi connectivity index (χ4v) is 4.43. The van der Waals surface area contributed by atoms with Gasteiger partial charge in [-0.1, -0.05) is 0 Å². The lowest BCUT2D eigenvalue weighted by Crippen LogP contribution is -2.46. The van der Waals surface area contributed by atoms with E-state index >= 15 is 0 Å². The molecule has 1 aliphatic carbocycles. The van der Waals surface area contributed by atoms with E-state index in [2.05, 4.69) is 31.8 Å². The van der Waals surface area contributed by atoms with Gasteiger partial charge in [0.15, 0.2) is 5.82 Å². The van der Waals surface area contributed by atoms with Crippen molar-refractivity contribution in [2.24, 2.45) is 7.05 Å². The first-order chi connectivity index (χ1) is 14.2. The van der Waals surface area contributed by atoms with Crippen LogP contribution in [0.15, 0.2) is 30.7 Å². The van der Waals surface area contributed by atoms with Crippen molar-refractivity contribution in [1.82, 2.24) is 29.3 Å². The highest BCUT2D eigenvalue weighted by molar-refractivity contribution is 5.69. The summed E-state index contributed by atoms with van der Waals surface area (Å²) in [5, 5.41) is 15.7. The van der Waals surface area contributed by atoms with Gasteiger partial charge in [0.1, 0.15) is 5.52 Å². The largest absolute Gasteiger partial charge is 0.379 e. The van der Waals surface area contributed by atoms with Crippen LogP contribution in [0.4, 0.5) is 17.5 Å². The Balaban J connectivity index is 1.28. The summed E-state index contributed by atoms with van der Waals surface area (Å²) in [4.78, 5) is 7.37. The topological polar surface area (TPSA) is 84.5 Å². The van der Waals surface area contributed by atoms with Crippen LogP contribution in [0.5, 0.6) is 0 Å². The third kappa shape index (κ3) is 4.06. The molecule has 9 nitrogen and oxygen atoms in total. The van der Waals surface area contributed by atoms with Gasteiger partial charge < -0.3 is 15.4 Å². The summed E-state index contributed by atoms with van der Waals surface area (Å²) >= 11 is 0. The van der Waals surface area contributed by atoms with Gasteiger partial charge in [0.05, 0.1) is 25.1 Å². The van der Waals surface area contributed by atoms with Crippen molar-refractivity contribution in [2.45, 2.75) is 37.8 Å². The van der Waals surface area contributed by atoms with Crippen LogP contribution in [-0.4, -0.2) is 67.7 Å². The summed E-state index contributed by atoms with van der Waals surface area (Å²) in [6.07, 6.45) is 10.4. The number of hydrogen-bond acceptors (Lipinski definition) is 7. The van der Waals surface area contributed by atoms with Crippen LogP contribution in [0.25, 0.3) is 5.52 Å². The highest BCUT2D eigenvalue weighted by Gasteiger charge is 2.27. The normalized spacial score (nSPS) is 23.3. The number of aromatic nitrogens is 5. The molecule has 3 aromatic rings. The monoisotopic (exact) mass is 396 g/mol. The molecule has 1 saturated carbocycles. The van der Waals surface area contributed by atoms with Gasteiger partial charge in [-0.05, 0) is 37.8 Å². The van der Waals surface area contributed by atoms with Crippen LogP contribution in [0.1, 0.15) is 25.7 Å². The number of nitrogens with one attached hydrogen (secondary N) is 2. The van der Waals surface area contributed by atoms with E-state index in [4.69, 9.17) is 9.72 Å². The molecule has 1 saturated heterocycles. The van der Waals surface area contributed by atoms with E-state index in [-0.39, 0.29) is 0 Å². The fourth-order valence-electron chi connectivity index (χ4n) is 4.43.